The molecule has 0 N–H and O–H groups in total. The Bertz CT molecular complexity index is 1700. The fraction of sp³-hybridized carbons (Fsp3) is 0.333. The predicted octanol–water partition coefficient (Wildman–Crippen LogP) is 5.85. The second kappa shape index (κ2) is 8.63. The van der Waals surface area contributed by atoms with Crippen molar-refractivity contribution in [1.29, 1.82) is 0 Å². The summed E-state index contributed by atoms with van der Waals surface area (Å²) in [7, 11) is -0.382. The summed E-state index contributed by atoms with van der Waals surface area (Å²) >= 11 is 0. The zero-order chi connectivity index (χ0) is 29.1. The largest absolute Gasteiger partial charge is 0.494 e. The molecule has 3 nitrogen and oxygen atoms in total. The van der Waals surface area contributed by atoms with Crippen molar-refractivity contribution in [3.8, 4) is 0 Å². The molecule has 0 aromatic heterocycles. The third kappa shape index (κ3) is 3.75. The van der Waals surface area contributed by atoms with Gasteiger partial charge >= 0.3 is 7.12 Å². The second-order valence-electron chi connectivity index (χ2n) is 13.9. The number of benzene rings is 4. The van der Waals surface area contributed by atoms with Crippen LogP contribution in [0.5, 0.6) is 0 Å². The first-order valence-electron chi connectivity index (χ1n) is 14.9. The van der Waals surface area contributed by atoms with Crippen LogP contribution in [0.3, 0.4) is 0 Å². The highest BCUT2D eigenvalue weighted by molar-refractivity contribution is 6.99. The van der Waals surface area contributed by atoms with Crippen molar-refractivity contribution in [2.45, 2.75) is 78.9 Å². The molecular formula is C36H39B2NO2. The lowest BCUT2D eigenvalue weighted by Crippen LogP contribution is -2.64. The molecule has 4 aromatic carbocycles. The molecule has 206 valence electrons. The zero-order valence-electron chi connectivity index (χ0n) is 25.8. The van der Waals surface area contributed by atoms with E-state index in [1.165, 1.54) is 61.3 Å². The van der Waals surface area contributed by atoms with E-state index >= 15 is 0 Å². The van der Waals surface area contributed by atoms with Gasteiger partial charge in [-0.2, -0.15) is 0 Å². The molecule has 3 aliphatic heterocycles. The van der Waals surface area contributed by atoms with Gasteiger partial charge in [0.15, 0.2) is 0 Å². The molecule has 1 saturated heterocycles. The van der Waals surface area contributed by atoms with Crippen molar-refractivity contribution < 1.29 is 9.31 Å². The van der Waals surface area contributed by atoms with Crippen LogP contribution in [0.4, 0.5) is 17.1 Å². The van der Waals surface area contributed by atoms with Gasteiger partial charge in [0.05, 0.1) is 11.2 Å². The molecule has 4 aromatic rings. The maximum Gasteiger partial charge on any atom is 0.494 e. The summed E-state index contributed by atoms with van der Waals surface area (Å²) in [5.41, 5.74) is 14.8. The maximum atomic E-state index is 6.50. The molecule has 0 bridgehead atoms. The van der Waals surface area contributed by atoms with Crippen LogP contribution >= 0.6 is 0 Å². The first kappa shape index (κ1) is 26.6. The van der Waals surface area contributed by atoms with Gasteiger partial charge in [-0.15, -0.1) is 0 Å². The predicted molar refractivity (Wildman–Crippen MR) is 174 cm³/mol. The van der Waals surface area contributed by atoms with Crippen LogP contribution in [0, 0.1) is 20.8 Å². The van der Waals surface area contributed by atoms with Gasteiger partial charge in [0, 0.05) is 22.5 Å². The summed E-state index contributed by atoms with van der Waals surface area (Å²) in [6.07, 6.45) is 0. The Morgan fingerprint density at radius 3 is 1.95 bits per heavy atom. The van der Waals surface area contributed by atoms with E-state index in [-0.39, 0.29) is 30.4 Å². The van der Waals surface area contributed by atoms with Crippen molar-refractivity contribution >= 4 is 52.7 Å². The summed E-state index contributed by atoms with van der Waals surface area (Å²) in [5, 5.41) is 0. The first-order valence-corrected chi connectivity index (χ1v) is 14.9. The highest BCUT2D eigenvalue weighted by Crippen LogP contribution is 2.44. The van der Waals surface area contributed by atoms with Crippen LogP contribution < -0.4 is 26.8 Å². The lowest BCUT2D eigenvalue weighted by atomic mass is 9.29. The van der Waals surface area contributed by atoms with Crippen molar-refractivity contribution in [3.05, 3.63) is 101 Å². The van der Waals surface area contributed by atoms with Crippen molar-refractivity contribution in [2.75, 3.05) is 4.90 Å². The minimum atomic E-state index is -0.382. The Kier molecular flexibility index (Phi) is 5.60. The molecule has 3 aliphatic rings. The van der Waals surface area contributed by atoms with Gasteiger partial charge < -0.3 is 14.2 Å². The van der Waals surface area contributed by atoms with Gasteiger partial charge in [0.1, 0.15) is 0 Å². The molecule has 0 saturated carbocycles. The third-order valence-corrected chi connectivity index (χ3v) is 10.2. The number of hydrogen-bond acceptors (Lipinski definition) is 3. The molecule has 0 atom stereocenters. The van der Waals surface area contributed by atoms with Crippen LogP contribution in [-0.4, -0.2) is 25.0 Å². The van der Waals surface area contributed by atoms with E-state index in [1.807, 2.05) is 0 Å². The van der Waals surface area contributed by atoms with E-state index < -0.39 is 0 Å². The quantitative estimate of drug-likeness (QED) is 0.263. The molecule has 0 aliphatic carbocycles. The number of fused-ring (bicyclic) bond motifs is 4. The molecule has 0 unspecified atom stereocenters. The van der Waals surface area contributed by atoms with Crippen LogP contribution in [0.25, 0.3) is 0 Å². The average molecular weight is 539 g/mol. The van der Waals surface area contributed by atoms with Crippen molar-refractivity contribution in [2.24, 2.45) is 0 Å². The van der Waals surface area contributed by atoms with Gasteiger partial charge in [-0.1, -0.05) is 79.0 Å². The topological polar surface area (TPSA) is 21.7 Å². The van der Waals surface area contributed by atoms with E-state index in [4.69, 9.17) is 9.31 Å². The lowest BCUT2D eigenvalue weighted by molar-refractivity contribution is 0.00578. The summed E-state index contributed by atoms with van der Waals surface area (Å²) in [5.74, 6) is 0. The molecule has 1 fully saturated rings. The first-order chi connectivity index (χ1) is 19.3. The van der Waals surface area contributed by atoms with Crippen LogP contribution in [0.15, 0.2) is 72.8 Å². The Balaban J connectivity index is 1.48. The Morgan fingerprint density at radius 2 is 1.27 bits per heavy atom. The van der Waals surface area contributed by atoms with Crippen molar-refractivity contribution in [1.82, 2.24) is 0 Å². The van der Waals surface area contributed by atoms with Gasteiger partial charge in [-0.25, -0.2) is 0 Å². The molecular weight excluding hydrogens is 500 g/mol. The monoisotopic (exact) mass is 539 g/mol. The van der Waals surface area contributed by atoms with E-state index in [9.17, 15) is 0 Å². The molecule has 0 spiro atoms. The zero-order valence-corrected chi connectivity index (χ0v) is 25.8. The minimum Gasteiger partial charge on any atom is -0.399 e. The van der Waals surface area contributed by atoms with Gasteiger partial charge in [0.25, 0.3) is 0 Å². The summed E-state index contributed by atoms with van der Waals surface area (Å²) in [6, 6.07) is 27.5. The Morgan fingerprint density at radius 1 is 0.634 bits per heavy atom. The highest BCUT2D eigenvalue weighted by atomic mass is 16.7. The van der Waals surface area contributed by atoms with Crippen LogP contribution in [0.2, 0.25) is 0 Å². The normalized spacial score (nSPS) is 19.1. The number of nitrogens with zero attached hydrogens (tertiary/aromatic N) is 1. The van der Waals surface area contributed by atoms with Crippen molar-refractivity contribution in [3.63, 3.8) is 0 Å². The number of hydrogen-bond donors (Lipinski definition) is 0. The number of aryl methyl sites for hydroxylation is 3. The van der Waals surface area contributed by atoms with Gasteiger partial charge in [-0.3, -0.25) is 0 Å². The standard InChI is InChI=1S/C36H39B2NO2/c1-22-10-15-26(16-11-22)39-30-18-12-23(2)20-29(30)37-28-17-14-25(38-40-35(6,7)36(8,9)41-38)21-27(28)34(4,5)32-24(3)13-19-31(39)33(32)37/h10-21H,1-9H3. The van der Waals surface area contributed by atoms with E-state index in [1.54, 1.807) is 0 Å². The third-order valence-electron chi connectivity index (χ3n) is 10.2. The van der Waals surface area contributed by atoms with Gasteiger partial charge in [-0.05, 0) is 106 Å². The fourth-order valence-corrected chi connectivity index (χ4v) is 7.35. The molecule has 7 rings (SSSR count). The van der Waals surface area contributed by atoms with E-state index in [0.29, 0.717) is 0 Å². The van der Waals surface area contributed by atoms with E-state index in [2.05, 4.69) is 140 Å². The summed E-state index contributed by atoms with van der Waals surface area (Å²) < 4.78 is 13.0. The van der Waals surface area contributed by atoms with Crippen LogP contribution in [-0.2, 0) is 14.7 Å². The Hall–Kier alpha value is -3.27. The minimum absolute atomic E-state index is 0.159. The van der Waals surface area contributed by atoms with Crippen LogP contribution in [0.1, 0.15) is 69.4 Å². The highest BCUT2D eigenvalue weighted by Gasteiger charge is 2.53. The number of rotatable bonds is 2. The molecule has 0 radical (unpaired) electrons. The SMILES string of the molecule is Cc1ccc(N2c3ccc(C)cc3B3c4ccc(B5OC(C)(C)C(C)(C)O5)cc4C(C)(C)c4c(C)ccc2c43)cc1. The maximum absolute atomic E-state index is 6.50. The summed E-state index contributed by atoms with van der Waals surface area (Å²) in [6.45, 7) is 20.1. The Labute approximate surface area is 246 Å². The molecule has 41 heavy (non-hydrogen) atoms. The average Bonchev–Trinajstić information content (AvgIpc) is 3.13. The van der Waals surface area contributed by atoms with Gasteiger partial charge in [0.2, 0.25) is 6.71 Å². The fourth-order valence-electron chi connectivity index (χ4n) is 7.35. The number of anilines is 3. The molecule has 5 heteroatoms. The summed E-state index contributed by atoms with van der Waals surface area (Å²) in [4.78, 5) is 2.48. The lowest BCUT2D eigenvalue weighted by Gasteiger charge is -2.46. The smallest absolute Gasteiger partial charge is 0.399 e. The van der Waals surface area contributed by atoms with E-state index in [0.717, 1.165) is 5.46 Å². The molecule has 3 heterocycles. The molecule has 0 amide bonds. The second-order valence-corrected chi connectivity index (χ2v) is 13.9.